The first-order chi connectivity index (χ1) is 12.5. The Kier molecular flexibility index (Phi) is 6.24. The highest BCUT2D eigenvalue weighted by Gasteiger charge is 2.33. The van der Waals surface area contributed by atoms with E-state index in [2.05, 4.69) is 0 Å². The van der Waals surface area contributed by atoms with E-state index >= 15 is 0 Å². The zero-order valence-electron chi connectivity index (χ0n) is 15.3. The first-order valence-corrected chi connectivity index (χ1v) is 9.55. The van der Waals surface area contributed by atoms with Gasteiger partial charge in [0.25, 0.3) is 0 Å². The number of piperidine rings is 1. The molecule has 1 aromatic carbocycles. The molecule has 0 radical (unpaired) electrons. The van der Waals surface area contributed by atoms with Gasteiger partial charge in [-0.2, -0.15) is 0 Å². The van der Waals surface area contributed by atoms with E-state index in [0.29, 0.717) is 19.4 Å². The number of ether oxygens (including phenoxy) is 1. The summed E-state index contributed by atoms with van der Waals surface area (Å²) in [6.45, 7) is 2.74. The Morgan fingerprint density at radius 3 is 2.46 bits per heavy atom. The predicted octanol–water partition coefficient (Wildman–Crippen LogP) is 3.35. The van der Waals surface area contributed by atoms with Crippen LogP contribution < -0.4 is 5.73 Å². The first kappa shape index (κ1) is 19.2. The maximum Gasteiger partial charge on any atom is 0.219 e. The average Bonchev–Trinajstić information content (AvgIpc) is 2.61. The number of rotatable bonds is 4. The largest absolute Gasteiger partial charge is 0.376 e. The van der Waals surface area contributed by atoms with Crippen LogP contribution in [0.5, 0.6) is 0 Å². The highest BCUT2D eigenvalue weighted by Crippen LogP contribution is 2.36. The molecule has 6 heteroatoms. The van der Waals surface area contributed by atoms with Crippen LogP contribution in [0.4, 0.5) is 8.78 Å². The molecule has 1 saturated heterocycles. The van der Waals surface area contributed by atoms with Crippen molar-refractivity contribution < 1.29 is 18.3 Å². The van der Waals surface area contributed by atoms with Gasteiger partial charge in [-0.15, -0.1) is 0 Å². The van der Waals surface area contributed by atoms with E-state index in [0.717, 1.165) is 32.2 Å². The monoisotopic (exact) mass is 366 g/mol. The van der Waals surface area contributed by atoms with E-state index in [1.54, 1.807) is 6.92 Å². The fourth-order valence-electron chi connectivity index (χ4n) is 4.34. The minimum Gasteiger partial charge on any atom is -0.376 e. The van der Waals surface area contributed by atoms with Crippen molar-refractivity contribution in [3.05, 3.63) is 35.4 Å². The normalized spacial score (nSPS) is 29.6. The van der Waals surface area contributed by atoms with E-state index in [1.165, 1.54) is 18.2 Å². The molecule has 3 rings (SSSR count). The quantitative estimate of drug-likeness (QED) is 0.889. The lowest BCUT2D eigenvalue weighted by molar-refractivity contribution is -0.135. The van der Waals surface area contributed by atoms with Crippen LogP contribution in [0.1, 0.15) is 56.9 Å². The molecule has 0 aromatic heterocycles. The summed E-state index contributed by atoms with van der Waals surface area (Å²) in [5.74, 6) is -0.978. The molecule has 0 bridgehead atoms. The minimum atomic E-state index is -0.459. The lowest BCUT2D eigenvalue weighted by atomic mass is 9.82. The Bertz CT molecular complexity index is 612. The van der Waals surface area contributed by atoms with Crippen molar-refractivity contribution in [2.45, 2.75) is 69.6 Å². The molecule has 1 aliphatic carbocycles. The van der Waals surface area contributed by atoms with E-state index in [1.807, 2.05) is 4.90 Å². The number of benzene rings is 1. The number of amides is 1. The maximum absolute atomic E-state index is 14.0. The molecule has 2 N–H and O–H groups in total. The number of hydrogen-bond donors (Lipinski definition) is 1. The lowest BCUT2D eigenvalue weighted by Gasteiger charge is -2.40. The van der Waals surface area contributed by atoms with Gasteiger partial charge in [-0.1, -0.05) is 6.07 Å². The molecule has 0 spiro atoms. The summed E-state index contributed by atoms with van der Waals surface area (Å²) in [7, 11) is 0. The zero-order valence-corrected chi connectivity index (χ0v) is 15.3. The van der Waals surface area contributed by atoms with Gasteiger partial charge in [-0.05, 0) is 56.6 Å². The first-order valence-electron chi connectivity index (χ1n) is 9.55. The molecule has 2 fully saturated rings. The third-order valence-electron chi connectivity index (χ3n) is 5.82. The highest BCUT2D eigenvalue weighted by atomic mass is 19.1. The van der Waals surface area contributed by atoms with Crippen molar-refractivity contribution in [2.24, 2.45) is 5.73 Å². The van der Waals surface area contributed by atoms with Gasteiger partial charge in [0, 0.05) is 25.1 Å². The number of hydrogen-bond acceptors (Lipinski definition) is 3. The SMILES string of the molecule is CC(=O)N1CCCC(N)C1COC1CCC(c2c(F)cccc2F)CC1. The van der Waals surface area contributed by atoms with Crippen LogP contribution in [0.2, 0.25) is 0 Å². The molecule has 144 valence electrons. The topological polar surface area (TPSA) is 55.6 Å². The lowest BCUT2D eigenvalue weighted by Crippen LogP contribution is -2.56. The second-order valence-electron chi connectivity index (χ2n) is 7.53. The Balaban J connectivity index is 1.53. The summed E-state index contributed by atoms with van der Waals surface area (Å²) in [5.41, 5.74) is 6.41. The number of carbonyl (C=O) groups is 1. The Morgan fingerprint density at radius 1 is 1.19 bits per heavy atom. The molecule has 1 amide bonds. The molecule has 2 atom stereocenters. The second-order valence-corrected chi connectivity index (χ2v) is 7.53. The van der Waals surface area contributed by atoms with Gasteiger partial charge in [0.1, 0.15) is 11.6 Å². The maximum atomic E-state index is 14.0. The van der Waals surface area contributed by atoms with Crippen molar-refractivity contribution >= 4 is 5.91 Å². The molecule has 1 heterocycles. The van der Waals surface area contributed by atoms with Crippen LogP contribution in [0.15, 0.2) is 18.2 Å². The van der Waals surface area contributed by atoms with E-state index in [4.69, 9.17) is 10.5 Å². The summed E-state index contributed by atoms with van der Waals surface area (Å²) in [5, 5.41) is 0. The van der Waals surface area contributed by atoms with E-state index < -0.39 is 11.6 Å². The summed E-state index contributed by atoms with van der Waals surface area (Å²) in [4.78, 5) is 13.6. The van der Waals surface area contributed by atoms with Crippen molar-refractivity contribution in [1.29, 1.82) is 0 Å². The summed E-state index contributed by atoms with van der Waals surface area (Å²) in [6, 6.07) is 3.90. The zero-order chi connectivity index (χ0) is 18.7. The summed E-state index contributed by atoms with van der Waals surface area (Å²) >= 11 is 0. The van der Waals surface area contributed by atoms with Crippen molar-refractivity contribution in [2.75, 3.05) is 13.2 Å². The molecule has 1 saturated carbocycles. The fraction of sp³-hybridized carbons (Fsp3) is 0.650. The Morgan fingerprint density at radius 2 is 1.85 bits per heavy atom. The van der Waals surface area contributed by atoms with Gasteiger partial charge in [-0.25, -0.2) is 8.78 Å². The van der Waals surface area contributed by atoms with Gasteiger partial charge in [0.2, 0.25) is 5.91 Å². The van der Waals surface area contributed by atoms with E-state index in [-0.39, 0.29) is 35.6 Å². The van der Waals surface area contributed by atoms with Crippen molar-refractivity contribution in [3.8, 4) is 0 Å². The number of carbonyl (C=O) groups excluding carboxylic acids is 1. The number of likely N-dealkylation sites (tertiary alicyclic amines) is 1. The van der Waals surface area contributed by atoms with Crippen LogP contribution in [-0.4, -0.2) is 42.1 Å². The number of nitrogens with zero attached hydrogens (tertiary/aromatic N) is 1. The molecule has 4 nitrogen and oxygen atoms in total. The van der Waals surface area contributed by atoms with E-state index in [9.17, 15) is 13.6 Å². The van der Waals surface area contributed by atoms with Crippen molar-refractivity contribution in [3.63, 3.8) is 0 Å². The third-order valence-corrected chi connectivity index (χ3v) is 5.82. The summed E-state index contributed by atoms with van der Waals surface area (Å²) in [6.07, 6.45) is 4.82. The molecule has 26 heavy (non-hydrogen) atoms. The molecule has 2 aliphatic rings. The fourth-order valence-corrected chi connectivity index (χ4v) is 4.34. The third kappa shape index (κ3) is 4.23. The average molecular weight is 366 g/mol. The van der Waals surface area contributed by atoms with Crippen LogP contribution >= 0.6 is 0 Å². The second kappa shape index (κ2) is 8.44. The summed E-state index contributed by atoms with van der Waals surface area (Å²) < 4.78 is 34.0. The van der Waals surface area contributed by atoms with Gasteiger partial charge < -0.3 is 15.4 Å². The highest BCUT2D eigenvalue weighted by molar-refractivity contribution is 5.73. The molecule has 1 aromatic rings. The minimum absolute atomic E-state index is 0.0347. The molecular formula is C20H28F2N2O2. The number of halogens is 2. The van der Waals surface area contributed by atoms with Crippen LogP contribution in [0, 0.1) is 11.6 Å². The predicted molar refractivity (Wildman–Crippen MR) is 95.7 cm³/mol. The van der Waals surface area contributed by atoms with Crippen LogP contribution in [0.25, 0.3) is 0 Å². The molecular weight excluding hydrogens is 338 g/mol. The Labute approximate surface area is 153 Å². The molecule has 2 unspecified atom stereocenters. The standard InChI is InChI=1S/C20H28F2N2O2/c1-13(25)24-11-3-6-18(23)19(24)12-26-15-9-7-14(8-10-15)20-16(21)4-2-5-17(20)22/h2,4-5,14-15,18-19H,3,6-12,23H2,1H3. The number of nitrogens with two attached hydrogens (primary N) is 1. The smallest absolute Gasteiger partial charge is 0.219 e. The Hall–Kier alpha value is -1.53. The van der Waals surface area contributed by atoms with Gasteiger partial charge in [0.05, 0.1) is 18.8 Å². The van der Waals surface area contributed by atoms with Gasteiger partial charge in [0.15, 0.2) is 0 Å². The van der Waals surface area contributed by atoms with Crippen LogP contribution in [0.3, 0.4) is 0 Å². The van der Waals surface area contributed by atoms with Crippen molar-refractivity contribution in [1.82, 2.24) is 4.90 Å². The van der Waals surface area contributed by atoms with Gasteiger partial charge >= 0.3 is 0 Å². The molecule has 1 aliphatic heterocycles. The van der Waals surface area contributed by atoms with Gasteiger partial charge in [-0.3, -0.25) is 4.79 Å². The van der Waals surface area contributed by atoms with Crippen LogP contribution in [-0.2, 0) is 9.53 Å².